The van der Waals surface area contributed by atoms with Crippen molar-refractivity contribution in [1.82, 2.24) is 9.97 Å². The number of aromatic nitrogens is 2. The Kier molecular flexibility index (Phi) is 5.93. The minimum absolute atomic E-state index is 0.114. The maximum atomic E-state index is 12.4. The Morgan fingerprint density at radius 2 is 1.63 bits per heavy atom. The molecule has 0 spiro atoms. The molecule has 2 aromatic carbocycles. The summed E-state index contributed by atoms with van der Waals surface area (Å²) in [6.45, 7) is 5.99. The van der Waals surface area contributed by atoms with Crippen molar-refractivity contribution < 1.29 is 4.79 Å². The Hall–Kier alpha value is -3.41. The van der Waals surface area contributed by atoms with Crippen molar-refractivity contribution >= 4 is 28.9 Å². The highest BCUT2D eigenvalue weighted by Crippen LogP contribution is 2.23. The second-order valence-corrected chi connectivity index (χ2v) is 7.73. The maximum Gasteiger partial charge on any atom is 0.255 e. The van der Waals surface area contributed by atoms with E-state index in [1.54, 1.807) is 0 Å². The Labute approximate surface area is 177 Å². The number of anilines is 4. The molecule has 30 heavy (non-hydrogen) atoms. The van der Waals surface area contributed by atoms with Gasteiger partial charge in [-0.2, -0.15) is 0 Å². The molecular weight excluding hydrogens is 374 g/mol. The summed E-state index contributed by atoms with van der Waals surface area (Å²) in [7, 11) is 0. The second kappa shape index (κ2) is 8.95. The summed E-state index contributed by atoms with van der Waals surface area (Å²) in [5.41, 5.74) is 3.37. The van der Waals surface area contributed by atoms with Crippen LogP contribution in [0.5, 0.6) is 0 Å². The lowest BCUT2D eigenvalue weighted by molar-refractivity contribution is 0.102. The number of piperidine rings is 1. The number of rotatable bonds is 5. The molecule has 154 valence electrons. The fourth-order valence-electron chi connectivity index (χ4n) is 3.68. The SMILES string of the molecule is Cc1cccc(C(=O)Nc2ccc(Nc3cc(N4CCCCC4)nc(C)n3)cc2)c1. The molecule has 2 N–H and O–H groups in total. The zero-order valence-corrected chi connectivity index (χ0v) is 17.5. The second-order valence-electron chi connectivity index (χ2n) is 7.73. The third-order valence-electron chi connectivity index (χ3n) is 5.20. The highest BCUT2D eigenvalue weighted by Gasteiger charge is 2.14. The molecular formula is C24H27N5O. The fourth-order valence-corrected chi connectivity index (χ4v) is 3.68. The number of benzene rings is 2. The molecule has 1 aliphatic heterocycles. The summed E-state index contributed by atoms with van der Waals surface area (Å²) in [5.74, 6) is 2.39. The molecule has 0 unspecified atom stereocenters. The molecule has 1 aromatic heterocycles. The van der Waals surface area contributed by atoms with E-state index in [2.05, 4.69) is 25.5 Å². The molecule has 1 amide bonds. The number of carbonyl (C=O) groups excluding carboxylic acids is 1. The van der Waals surface area contributed by atoms with Gasteiger partial charge in [0, 0.05) is 36.1 Å². The van der Waals surface area contributed by atoms with Crippen LogP contribution in [0.15, 0.2) is 54.6 Å². The van der Waals surface area contributed by atoms with Crippen molar-refractivity contribution in [3.05, 3.63) is 71.5 Å². The lowest BCUT2D eigenvalue weighted by atomic mass is 10.1. The van der Waals surface area contributed by atoms with E-state index >= 15 is 0 Å². The van der Waals surface area contributed by atoms with Crippen LogP contribution in [0.2, 0.25) is 0 Å². The average Bonchev–Trinajstić information content (AvgIpc) is 2.75. The van der Waals surface area contributed by atoms with E-state index in [0.29, 0.717) is 5.56 Å². The van der Waals surface area contributed by atoms with Gasteiger partial charge in [0.25, 0.3) is 5.91 Å². The van der Waals surface area contributed by atoms with E-state index in [4.69, 9.17) is 0 Å². The first-order valence-corrected chi connectivity index (χ1v) is 10.4. The van der Waals surface area contributed by atoms with Crippen LogP contribution in [0.3, 0.4) is 0 Å². The van der Waals surface area contributed by atoms with Gasteiger partial charge in [-0.05, 0) is 69.5 Å². The van der Waals surface area contributed by atoms with Gasteiger partial charge in [-0.15, -0.1) is 0 Å². The third kappa shape index (κ3) is 4.95. The van der Waals surface area contributed by atoms with Gasteiger partial charge in [0.1, 0.15) is 17.5 Å². The van der Waals surface area contributed by atoms with Crippen LogP contribution in [-0.2, 0) is 0 Å². The van der Waals surface area contributed by atoms with Crippen molar-refractivity contribution in [2.75, 3.05) is 28.6 Å². The molecule has 6 heteroatoms. The molecule has 2 heterocycles. The summed E-state index contributed by atoms with van der Waals surface area (Å²) in [4.78, 5) is 23.9. The van der Waals surface area contributed by atoms with E-state index in [9.17, 15) is 4.79 Å². The lowest BCUT2D eigenvalue weighted by Gasteiger charge is -2.28. The molecule has 0 radical (unpaired) electrons. The van der Waals surface area contributed by atoms with Gasteiger partial charge in [-0.3, -0.25) is 4.79 Å². The van der Waals surface area contributed by atoms with E-state index < -0.39 is 0 Å². The van der Waals surface area contributed by atoms with Gasteiger partial charge < -0.3 is 15.5 Å². The monoisotopic (exact) mass is 401 g/mol. The standard InChI is InChI=1S/C24H27N5O/c1-17-7-6-8-19(15-17)24(30)28-21-11-9-20(10-12-21)27-22-16-23(26-18(2)25-22)29-13-4-3-5-14-29/h6-12,15-16H,3-5,13-14H2,1-2H3,(H,28,30)(H,25,26,27). The van der Waals surface area contributed by atoms with Crippen LogP contribution in [0.25, 0.3) is 0 Å². The van der Waals surface area contributed by atoms with Crippen LogP contribution in [0.4, 0.5) is 23.0 Å². The largest absolute Gasteiger partial charge is 0.356 e. The minimum Gasteiger partial charge on any atom is -0.356 e. The van der Waals surface area contributed by atoms with E-state index in [1.807, 2.05) is 68.4 Å². The maximum absolute atomic E-state index is 12.4. The first-order chi connectivity index (χ1) is 14.6. The van der Waals surface area contributed by atoms with Crippen LogP contribution in [0, 0.1) is 13.8 Å². The zero-order chi connectivity index (χ0) is 20.9. The van der Waals surface area contributed by atoms with Crippen molar-refractivity contribution in [1.29, 1.82) is 0 Å². The van der Waals surface area contributed by atoms with E-state index in [0.717, 1.165) is 47.5 Å². The molecule has 4 rings (SSSR count). The van der Waals surface area contributed by atoms with Crippen molar-refractivity contribution in [3.63, 3.8) is 0 Å². The molecule has 6 nitrogen and oxygen atoms in total. The molecule has 1 fully saturated rings. The Morgan fingerprint density at radius 3 is 2.37 bits per heavy atom. The molecule has 0 atom stereocenters. The Morgan fingerprint density at radius 1 is 0.900 bits per heavy atom. The highest BCUT2D eigenvalue weighted by molar-refractivity contribution is 6.04. The van der Waals surface area contributed by atoms with Crippen molar-refractivity contribution in [2.45, 2.75) is 33.1 Å². The topological polar surface area (TPSA) is 70.2 Å². The number of aryl methyl sites for hydroxylation is 2. The average molecular weight is 402 g/mol. The van der Waals surface area contributed by atoms with Gasteiger partial charge in [-0.1, -0.05) is 17.7 Å². The minimum atomic E-state index is -0.114. The molecule has 1 aliphatic rings. The number of nitrogens with one attached hydrogen (secondary N) is 2. The zero-order valence-electron chi connectivity index (χ0n) is 17.5. The number of carbonyl (C=O) groups is 1. The van der Waals surface area contributed by atoms with Crippen LogP contribution in [0.1, 0.15) is 41.0 Å². The fraction of sp³-hybridized carbons (Fsp3) is 0.292. The molecule has 1 saturated heterocycles. The van der Waals surface area contributed by atoms with Crippen LogP contribution < -0.4 is 15.5 Å². The third-order valence-corrected chi connectivity index (χ3v) is 5.20. The van der Waals surface area contributed by atoms with E-state index in [-0.39, 0.29) is 5.91 Å². The number of hydrogen-bond acceptors (Lipinski definition) is 5. The summed E-state index contributed by atoms with van der Waals surface area (Å²) in [6, 6.07) is 17.2. The van der Waals surface area contributed by atoms with Gasteiger partial charge in [0.15, 0.2) is 0 Å². The predicted octanol–water partition coefficient (Wildman–Crippen LogP) is 5.08. The van der Waals surface area contributed by atoms with E-state index in [1.165, 1.54) is 19.3 Å². The molecule has 0 aliphatic carbocycles. The summed E-state index contributed by atoms with van der Waals surface area (Å²) < 4.78 is 0. The van der Waals surface area contributed by atoms with Crippen molar-refractivity contribution in [3.8, 4) is 0 Å². The molecule has 0 saturated carbocycles. The Balaban J connectivity index is 1.43. The summed E-state index contributed by atoms with van der Waals surface area (Å²) in [5, 5.41) is 6.29. The highest BCUT2D eigenvalue weighted by atomic mass is 16.1. The first-order valence-electron chi connectivity index (χ1n) is 10.4. The molecule has 3 aromatic rings. The smallest absolute Gasteiger partial charge is 0.255 e. The van der Waals surface area contributed by atoms with Crippen LogP contribution >= 0.6 is 0 Å². The van der Waals surface area contributed by atoms with Crippen LogP contribution in [-0.4, -0.2) is 29.0 Å². The van der Waals surface area contributed by atoms with Crippen molar-refractivity contribution in [2.24, 2.45) is 0 Å². The van der Waals surface area contributed by atoms with Gasteiger partial charge in [0.2, 0.25) is 0 Å². The summed E-state index contributed by atoms with van der Waals surface area (Å²) >= 11 is 0. The molecule has 0 bridgehead atoms. The number of hydrogen-bond donors (Lipinski definition) is 2. The lowest BCUT2D eigenvalue weighted by Crippen LogP contribution is -2.30. The normalized spacial score (nSPS) is 13.7. The predicted molar refractivity (Wildman–Crippen MR) is 122 cm³/mol. The quantitative estimate of drug-likeness (QED) is 0.624. The van der Waals surface area contributed by atoms with Gasteiger partial charge >= 0.3 is 0 Å². The van der Waals surface area contributed by atoms with Gasteiger partial charge in [-0.25, -0.2) is 9.97 Å². The number of amides is 1. The first kappa shape index (κ1) is 19.9. The number of nitrogens with zero attached hydrogens (tertiary/aromatic N) is 3. The summed E-state index contributed by atoms with van der Waals surface area (Å²) in [6.07, 6.45) is 3.71. The Bertz CT molecular complexity index is 1030. The van der Waals surface area contributed by atoms with Gasteiger partial charge in [0.05, 0.1) is 0 Å².